The summed E-state index contributed by atoms with van der Waals surface area (Å²) < 4.78 is 57.5. The molecule has 0 amide bonds. The maximum Gasteiger partial charge on any atom is 0.281 e. The smallest absolute Gasteiger partial charge is 0.281 e. The predicted octanol–water partition coefficient (Wildman–Crippen LogP) is 5.03. The number of aliphatic hydroxyl groups is 1. The van der Waals surface area contributed by atoms with Crippen LogP contribution in [0, 0.1) is 5.82 Å². The second kappa shape index (κ2) is 7.02. The lowest BCUT2D eigenvalue weighted by Gasteiger charge is -2.30. The third kappa shape index (κ3) is 3.08. The van der Waals surface area contributed by atoms with E-state index >= 15 is 0 Å². The molecule has 1 aromatic heterocycles. The molecule has 3 aromatic rings. The normalized spacial score (nSPS) is 24.0. The maximum absolute atomic E-state index is 14.7. The van der Waals surface area contributed by atoms with Crippen molar-refractivity contribution in [2.45, 2.75) is 43.4 Å². The highest BCUT2D eigenvalue weighted by atomic mass is 19.3. The largest absolute Gasteiger partial charge is 0.397 e. The van der Waals surface area contributed by atoms with Crippen molar-refractivity contribution in [3.05, 3.63) is 76.4 Å². The third-order valence-electron chi connectivity index (χ3n) is 6.38. The Morgan fingerprint density at radius 3 is 2.48 bits per heavy atom. The van der Waals surface area contributed by atoms with Crippen LogP contribution in [0.2, 0.25) is 0 Å². The monoisotopic (exact) mass is 429 g/mol. The highest BCUT2D eigenvalue weighted by molar-refractivity contribution is 5.80. The van der Waals surface area contributed by atoms with E-state index in [9.17, 15) is 22.7 Å². The minimum atomic E-state index is -3.36. The van der Waals surface area contributed by atoms with Gasteiger partial charge in [-0.15, -0.1) is 0 Å². The van der Waals surface area contributed by atoms with Crippen LogP contribution in [0.1, 0.15) is 58.9 Å². The van der Waals surface area contributed by atoms with Crippen LogP contribution in [-0.2, 0) is 6.42 Å². The van der Waals surface area contributed by atoms with E-state index in [0.717, 1.165) is 0 Å². The lowest BCUT2D eigenvalue weighted by atomic mass is 9.75. The minimum absolute atomic E-state index is 0.105. The SMILES string of the molecule is Nc1cnncc1-c1ccc(C2CCC(F)c3cc(F)ccc32)c2c1C(O)C(F)(F)C2. The van der Waals surface area contributed by atoms with Crippen molar-refractivity contribution in [3.8, 4) is 11.1 Å². The van der Waals surface area contributed by atoms with Gasteiger partial charge in [0.2, 0.25) is 0 Å². The zero-order valence-electron chi connectivity index (χ0n) is 16.3. The second-order valence-electron chi connectivity index (χ2n) is 8.16. The van der Waals surface area contributed by atoms with Gasteiger partial charge < -0.3 is 10.8 Å². The molecule has 31 heavy (non-hydrogen) atoms. The highest BCUT2D eigenvalue weighted by Crippen LogP contribution is 2.52. The summed E-state index contributed by atoms with van der Waals surface area (Å²) >= 11 is 0. The van der Waals surface area contributed by atoms with E-state index in [-0.39, 0.29) is 29.2 Å². The first-order chi connectivity index (χ1) is 14.8. The minimum Gasteiger partial charge on any atom is -0.397 e. The molecule has 0 aliphatic heterocycles. The molecule has 1 heterocycles. The molecule has 5 rings (SSSR count). The summed E-state index contributed by atoms with van der Waals surface area (Å²) in [6.07, 6.45) is -0.691. The number of nitrogen functional groups attached to an aromatic ring is 1. The molecule has 2 aromatic carbocycles. The lowest BCUT2D eigenvalue weighted by molar-refractivity contribution is -0.0966. The number of aliphatic hydroxyl groups excluding tert-OH is 1. The van der Waals surface area contributed by atoms with Gasteiger partial charge in [0.1, 0.15) is 18.1 Å². The number of hydrogen-bond donors (Lipinski definition) is 2. The number of hydrogen-bond acceptors (Lipinski definition) is 4. The molecule has 3 unspecified atom stereocenters. The summed E-state index contributed by atoms with van der Waals surface area (Å²) in [4.78, 5) is 0. The van der Waals surface area contributed by atoms with Gasteiger partial charge in [0, 0.05) is 17.9 Å². The van der Waals surface area contributed by atoms with Gasteiger partial charge in [0.05, 0.1) is 18.1 Å². The van der Waals surface area contributed by atoms with E-state index in [1.165, 1.54) is 30.6 Å². The van der Waals surface area contributed by atoms with Gasteiger partial charge in [-0.3, -0.25) is 0 Å². The van der Waals surface area contributed by atoms with E-state index < -0.39 is 30.4 Å². The summed E-state index contributed by atoms with van der Waals surface area (Å²) in [5.41, 5.74) is 8.88. The number of alkyl halides is 3. The first-order valence-electron chi connectivity index (χ1n) is 9.99. The fraction of sp³-hybridized carbons (Fsp3) is 0.304. The molecule has 0 spiro atoms. The van der Waals surface area contributed by atoms with Crippen LogP contribution < -0.4 is 5.73 Å². The molecule has 2 aliphatic rings. The van der Waals surface area contributed by atoms with Gasteiger partial charge in [-0.05, 0) is 58.4 Å². The molecule has 3 N–H and O–H groups in total. The van der Waals surface area contributed by atoms with Crippen molar-refractivity contribution < 1.29 is 22.7 Å². The number of nitrogens with zero attached hydrogens (tertiary/aromatic N) is 2. The topological polar surface area (TPSA) is 72.0 Å². The third-order valence-corrected chi connectivity index (χ3v) is 6.38. The first kappa shape index (κ1) is 19.9. The average molecular weight is 429 g/mol. The van der Waals surface area contributed by atoms with E-state index in [4.69, 9.17) is 5.73 Å². The lowest BCUT2D eigenvalue weighted by Crippen LogP contribution is -2.22. The Balaban J connectivity index is 1.72. The van der Waals surface area contributed by atoms with E-state index in [1.54, 1.807) is 12.1 Å². The molecular weight excluding hydrogens is 410 g/mol. The van der Waals surface area contributed by atoms with E-state index in [0.29, 0.717) is 34.2 Å². The van der Waals surface area contributed by atoms with Crippen molar-refractivity contribution in [1.82, 2.24) is 10.2 Å². The predicted molar refractivity (Wildman–Crippen MR) is 107 cm³/mol. The number of halogens is 4. The van der Waals surface area contributed by atoms with Crippen LogP contribution in [0.25, 0.3) is 11.1 Å². The van der Waals surface area contributed by atoms with Crippen LogP contribution in [0.4, 0.5) is 23.2 Å². The molecule has 0 bridgehead atoms. The fourth-order valence-corrected chi connectivity index (χ4v) is 4.93. The van der Waals surface area contributed by atoms with Crippen LogP contribution in [0.15, 0.2) is 42.7 Å². The Hall–Kier alpha value is -3.00. The Morgan fingerprint density at radius 2 is 1.71 bits per heavy atom. The number of benzene rings is 2. The first-order valence-corrected chi connectivity index (χ1v) is 9.99. The van der Waals surface area contributed by atoms with Crippen molar-refractivity contribution in [2.75, 3.05) is 5.73 Å². The Kier molecular flexibility index (Phi) is 4.51. The molecule has 4 nitrogen and oxygen atoms in total. The molecule has 2 aliphatic carbocycles. The van der Waals surface area contributed by atoms with Crippen molar-refractivity contribution in [3.63, 3.8) is 0 Å². The number of fused-ring (bicyclic) bond motifs is 2. The Bertz CT molecular complexity index is 1180. The number of anilines is 1. The maximum atomic E-state index is 14.7. The summed E-state index contributed by atoms with van der Waals surface area (Å²) in [6.45, 7) is 0. The molecule has 3 atom stereocenters. The molecule has 160 valence electrons. The average Bonchev–Trinajstić information content (AvgIpc) is 2.98. The van der Waals surface area contributed by atoms with Gasteiger partial charge >= 0.3 is 0 Å². The van der Waals surface area contributed by atoms with E-state index in [1.807, 2.05) is 0 Å². The Labute approximate surface area is 175 Å². The van der Waals surface area contributed by atoms with Gasteiger partial charge in [-0.25, -0.2) is 17.6 Å². The van der Waals surface area contributed by atoms with Crippen molar-refractivity contribution in [1.29, 1.82) is 0 Å². The fourth-order valence-electron chi connectivity index (χ4n) is 4.93. The van der Waals surface area contributed by atoms with Crippen LogP contribution in [-0.4, -0.2) is 21.2 Å². The van der Waals surface area contributed by atoms with Crippen molar-refractivity contribution >= 4 is 5.69 Å². The van der Waals surface area contributed by atoms with Gasteiger partial charge in [0.15, 0.2) is 0 Å². The molecule has 0 fully saturated rings. The number of rotatable bonds is 2. The standard InChI is InChI=1S/C23H19F4N3O/c24-11-1-2-13-12(5-6-19(25)16(13)7-11)14-3-4-15(18-9-29-30-10-20(18)28)21-17(14)8-23(26,27)22(21)31/h1-4,7,9-10,12,19,22,31H,5-6,8H2,(H2,28,29). The molecule has 0 saturated carbocycles. The summed E-state index contributed by atoms with van der Waals surface area (Å²) in [5, 5.41) is 18.0. The van der Waals surface area contributed by atoms with Crippen LogP contribution >= 0.6 is 0 Å². The molecule has 0 radical (unpaired) electrons. The van der Waals surface area contributed by atoms with Gasteiger partial charge in [0.25, 0.3) is 5.92 Å². The summed E-state index contributed by atoms with van der Waals surface area (Å²) in [7, 11) is 0. The number of nitrogens with two attached hydrogens (primary N) is 1. The zero-order chi connectivity index (χ0) is 21.9. The summed E-state index contributed by atoms with van der Waals surface area (Å²) in [6, 6.07) is 7.31. The van der Waals surface area contributed by atoms with Crippen LogP contribution in [0.5, 0.6) is 0 Å². The Morgan fingerprint density at radius 1 is 0.968 bits per heavy atom. The highest BCUT2D eigenvalue weighted by Gasteiger charge is 2.49. The van der Waals surface area contributed by atoms with E-state index in [2.05, 4.69) is 10.2 Å². The zero-order valence-corrected chi connectivity index (χ0v) is 16.3. The number of aromatic nitrogens is 2. The quantitative estimate of drug-likeness (QED) is 0.561. The molecular formula is C23H19F4N3O. The molecule has 0 saturated heterocycles. The van der Waals surface area contributed by atoms with Gasteiger partial charge in [-0.1, -0.05) is 18.2 Å². The molecule has 8 heteroatoms. The van der Waals surface area contributed by atoms with Gasteiger partial charge in [-0.2, -0.15) is 10.2 Å². The summed E-state index contributed by atoms with van der Waals surface area (Å²) in [5.74, 6) is -4.27. The second-order valence-corrected chi connectivity index (χ2v) is 8.16. The van der Waals surface area contributed by atoms with Crippen LogP contribution in [0.3, 0.4) is 0 Å². The van der Waals surface area contributed by atoms with Crippen molar-refractivity contribution in [2.24, 2.45) is 0 Å².